The first-order chi connectivity index (χ1) is 9.57. The quantitative estimate of drug-likeness (QED) is 0.632. The van der Waals surface area contributed by atoms with Gasteiger partial charge in [-0.2, -0.15) is 0 Å². The molecule has 4 nitrogen and oxygen atoms in total. The zero-order valence-corrected chi connectivity index (χ0v) is 13.2. The summed E-state index contributed by atoms with van der Waals surface area (Å²) < 4.78 is 19.9. The molecule has 0 spiro atoms. The number of carbonyl (C=O) groups is 1. The predicted octanol–water partition coefficient (Wildman–Crippen LogP) is 3.08. The van der Waals surface area contributed by atoms with E-state index in [2.05, 4.69) is 0 Å². The van der Waals surface area contributed by atoms with Crippen molar-refractivity contribution in [3.63, 3.8) is 0 Å². The largest absolute Gasteiger partial charge is 0.468 e. The maximum atomic E-state index is 13.1. The van der Waals surface area contributed by atoms with Crippen LogP contribution in [0.5, 0.6) is 0 Å². The number of hydrogen-bond acceptors (Lipinski definition) is 3. The number of nitrogens with zero attached hydrogens (tertiary/aromatic N) is 1. The molecule has 1 unspecified atom stereocenters. The normalized spacial score (nSPS) is 19.4. The molecule has 5 heteroatoms. The van der Waals surface area contributed by atoms with Crippen LogP contribution in [0, 0.1) is 0 Å². The molecule has 0 aliphatic carbocycles. The van der Waals surface area contributed by atoms with Crippen molar-refractivity contribution < 1.29 is 14.1 Å². The van der Waals surface area contributed by atoms with Crippen LogP contribution >= 0.6 is 7.29 Å². The topological polar surface area (TPSA) is 46.6 Å². The van der Waals surface area contributed by atoms with Gasteiger partial charge in [0.1, 0.15) is 6.04 Å². The number of esters is 1. The molecule has 2 rings (SSSR count). The first-order valence-corrected chi connectivity index (χ1v) is 9.11. The first-order valence-electron chi connectivity index (χ1n) is 7.08. The summed E-state index contributed by atoms with van der Waals surface area (Å²) in [7, 11) is -1.11. The van der Waals surface area contributed by atoms with Gasteiger partial charge in [-0.15, -0.1) is 0 Å². The van der Waals surface area contributed by atoms with E-state index in [1.807, 2.05) is 42.8 Å². The SMILES string of the molecule is CCP(=O)(CC)N1CCc2ccccc2C1C(=O)OC. The standard InChI is InChI=1S/C15H22NO3P/c1-4-20(18,5-2)16-11-10-12-8-6-7-9-13(12)14(16)15(17)19-3/h6-9,14H,4-5,10-11H2,1-3H3. The van der Waals surface area contributed by atoms with E-state index in [1.54, 1.807) is 0 Å². The predicted molar refractivity (Wildman–Crippen MR) is 80.3 cm³/mol. The lowest BCUT2D eigenvalue weighted by atomic mass is 9.94. The van der Waals surface area contributed by atoms with Crippen molar-refractivity contribution >= 4 is 13.3 Å². The lowest BCUT2D eigenvalue weighted by molar-refractivity contribution is -0.145. The number of carbonyl (C=O) groups excluding carboxylic acids is 1. The van der Waals surface area contributed by atoms with Gasteiger partial charge in [0.05, 0.1) is 7.11 Å². The second-order valence-corrected chi connectivity index (χ2v) is 8.49. The minimum atomic E-state index is -2.50. The van der Waals surface area contributed by atoms with Gasteiger partial charge in [0.15, 0.2) is 7.29 Å². The highest BCUT2D eigenvalue weighted by molar-refractivity contribution is 7.61. The first kappa shape index (κ1) is 15.3. The Kier molecular flexibility index (Phi) is 4.66. The van der Waals surface area contributed by atoms with Crippen molar-refractivity contribution in [3.8, 4) is 0 Å². The molecule has 0 fully saturated rings. The van der Waals surface area contributed by atoms with Gasteiger partial charge < -0.3 is 9.30 Å². The van der Waals surface area contributed by atoms with Gasteiger partial charge in [-0.3, -0.25) is 0 Å². The minimum absolute atomic E-state index is 0.320. The second kappa shape index (κ2) is 6.11. The van der Waals surface area contributed by atoms with E-state index >= 15 is 0 Å². The fourth-order valence-electron chi connectivity index (χ4n) is 2.89. The maximum absolute atomic E-state index is 13.1. The van der Waals surface area contributed by atoms with E-state index in [0.29, 0.717) is 18.9 Å². The van der Waals surface area contributed by atoms with Gasteiger partial charge >= 0.3 is 5.97 Å². The van der Waals surface area contributed by atoms with E-state index < -0.39 is 13.3 Å². The number of rotatable bonds is 4. The number of methoxy groups -OCH3 is 1. The molecular formula is C15H22NO3P. The molecule has 0 N–H and O–H groups in total. The summed E-state index contributed by atoms with van der Waals surface area (Å²) in [6.45, 7) is 4.51. The Balaban J connectivity index is 2.50. The lowest BCUT2D eigenvalue weighted by Gasteiger charge is -2.39. The van der Waals surface area contributed by atoms with Gasteiger partial charge in [0, 0.05) is 18.9 Å². The molecule has 0 radical (unpaired) electrons. The Hall–Kier alpha value is -1.12. The molecule has 1 heterocycles. The highest BCUT2D eigenvalue weighted by Crippen LogP contribution is 2.55. The summed E-state index contributed by atoms with van der Waals surface area (Å²) in [5, 5.41) is 0. The fraction of sp³-hybridized carbons (Fsp3) is 0.533. The lowest BCUT2D eigenvalue weighted by Crippen LogP contribution is -2.39. The van der Waals surface area contributed by atoms with Crippen LogP contribution in [0.4, 0.5) is 0 Å². The van der Waals surface area contributed by atoms with Crippen LogP contribution in [-0.4, -0.2) is 36.6 Å². The highest BCUT2D eigenvalue weighted by atomic mass is 31.2. The Morgan fingerprint density at radius 2 is 2.00 bits per heavy atom. The monoisotopic (exact) mass is 295 g/mol. The summed E-state index contributed by atoms with van der Waals surface area (Å²) in [5.74, 6) is -0.320. The molecule has 1 atom stereocenters. The van der Waals surface area contributed by atoms with E-state index in [0.717, 1.165) is 17.5 Å². The Bertz CT molecular complexity index is 536. The van der Waals surface area contributed by atoms with Gasteiger partial charge in [0.2, 0.25) is 0 Å². The number of hydrogen-bond donors (Lipinski definition) is 0. The van der Waals surface area contributed by atoms with Crippen molar-refractivity contribution in [2.75, 3.05) is 26.0 Å². The summed E-state index contributed by atoms with van der Waals surface area (Å²) in [4.78, 5) is 12.2. The molecule has 0 saturated carbocycles. The van der Waals surface area contributed by atoms with E-state index in [4.69, 9.17) is 4.74 Å². The van der Waals surface area contributed by atoms with Crippen LogP contribution < -0.4 is 0 Å². The Morgan fingerprint density at radius 3 is 2.60 bits per heavy atom. The van der Waals surface area contributed by atoms with Crippen LogP contribution in [0.15, 0.2) is 24.3 Å². The fourth-order valence-corrected chi connectivity index (χ4v) is 5.17. The number of ether oxygens (including phenoxy) is 1. The molecule has 0 amide bonds. The molecule has 0 aromatic heterocycles. The third kappa shape index (κ3) is 2.55. The molecule has 0 bridgehead atoms. The molecular weight excluding hydrogens is 273 g/mol. The van der Waals surface area contributed by atoms with Crippen LogP contribution in [0.25, 0.3) is 0 Å². The zero-order chi connectivity index (χ0) is 14.8. The molecule has 20 heavy (non-hydrogen) atoms. The van der Waals surface area contributed by atoms with E-state index in [1.165, 1.54) is 7.11 Å². The summed E-state index contributed by atoms with van der Waals surface area (Å²) in [5.41, 5.74) is 2.09. The molecule has 1 aliphatic heterocycles. The Labute approximate surface area is 120 Å². The summed E-state index contributed by atoms with van der Waals surface area (Å²) in [6.07, 6.45) is 1.99. The zero-order valence-electron chi connectivity index (χ0n) is 12.3. The van der Waals surface area contributed by atoms with Crippen molar-refractivity contribution in [1.29, 1.82) is 0 Å². The van der Waals surface area contributed by atoms with Gasteiger partial charge in [-0.05, 0) is 17.5 Å². The third-order valence-electron chi connectivity index (χ3n) is 4.14. The van der Waals surface area contributed by atoms with Crippen molar-refractivity contribution in [1.82, 2.24) is 4.67 Å². The van der Waals surface area contributed by atoms with Crippen LogP contribution in [0.1, 0.15) is 31.0 Å². The summed E-state index contributed by atoms with van der Waals surface area (Å²) >= 11 is 0. The number of fused-ring (bicyclic) bond motifs is 1. The number of benzene rings is 1. The Morgan fingerprint density at radius 1 is 1.35 bits per heavy atom. The molecule has 1 aromatic carbocycles. The van der Waals surface area contributed by atoms with E-state index in [-0.39, 0.29) is 5.97 Å². The van der Waals surface area contributed by atoms with Crippen LogP contribution in [0.3, 0.4) is 0 Å². The third-order valence-corrected chi connectivity index (χ3v) is 7.48. The maximum Gasteiger partial charge on any atom is 0.328 e. The van der Waals surface area contributed by atoms with Crippen LogP contribution in [0.2, 0.25) is 0 Å². The van der Waals surface area contributed by atoms with Gasteiger partial charge in [-0.25, -0.2) is 9.46 Å². The van der Waals surface area contributed by atoms with Gasteiger partial charge in [0.25, 0.3) is 0 Å². The average molecular weight is 295 g/mol. The average Bonchev–Trinajstić information content (AvgIpc) is 2.52. The molecule has 0 saturated heterocycles. The van der Waals surface area contributed by atoms with Crippen molar-refractivity contribution in [2.45, 2.75) is 26.3 Å². The molecule has 110 valence electrons. The second-order valence-electron chi connectivity index (χ2n) is 5.02. The minimum Gasteiger partial charge on any atom is -0.468 e. The molecule has 1 aliphatic rings. The van der Waals surface area contributed by atoms with Crippen molar-refractivity contribution in [3.05, 3.63) is 35.4 Å². The van der Waals surface area contributed by atoms with Gasteiger partial charge in [-0.1, -0.05) is 38.1 Å². The van der Waals surface area contributed by atoms with Crippen molar-refractivity contribution in [2.24, 2.45) is 0 Å². The smallest absolute Gasteiger partial charge is 0.328 e. The molecule has 1 aromatic rings. The summed E-state index contributed by atoms with van der Waals surface area (Å²) in [6, 6.07) is 7.34. The highest BCUT2D eigenvalue weighted by Gasteiger charge is 2.41. The van der Waals surface area contributed by atoms with E-state index in [9.17, 15) is 9.36 Å². The van der Waals surface area contributed by atoms with Crippen LogP contribution in [-0.2, 0) is 20.5 Å².